The molecule has 3 rings (SSSR count). The van der Waals surface area contributed by atoms with Crippen molar-refractivity contribution in [2.75, 3.05) is 13.2 Å². The Hall–Kier alpha value is -1.37. The summed E-state index contributed by atoms with van der Waals surface area (Å²) in [6.07, 6.45) is 5.19. The average molecular weight is 273 g/mol. The molecule has 3 heteroatoms. The van der Waals surface area contributed by atoms with Gasteiger partial charge in [0.25, 0.3) is 0 Å². The smallest absolute Gasteiger partial charge is 0.128 e. The summed E-state index contributed by atoms with van der Waals surface area (Å²) in [7, 11) is 0. The summed E-state index contributed by atoms with van der Waals surface area (Å²) < 4.78 is 14.1. The van der Waals surface area contributed by atoms with Gasteiger partial charge < -0.3 is 5.11 Å². The number of aliphatic hydroxyl groups is 1. The van der Waals surface area contributed by atoms with Gasteiger partial charge in [0.1, 0.15) is 12.4 Å². The van der Waals surface area contributed by atoms with Gasteiger partial charge in [-0.05, 0) is 43.7 Å². The predicted octanol–water partition coefficient (Wildman–Crippen LogP) is 2.54. The molecule has 1 aromatic rings. The first-order valence-corrected chi connectivity index (χ1v) is 7.38. The maximum atomic E-state index is 14.1. The Morgan fingerprint density at radius 1 is 1.25 bits per heavy atom. The Bertz CT molecular complexity index is 538. The summed E-state index contributed by atoms with van der Waals surface area (Å²) in [4.78, 5) is 2.44. The van der Waals surface area contributed by atoms with Crippen LogP contribution in [0.2, 0.25) is 0 Å². The third-order valence-corrected chi connectivity index (χ3v) is 3.99. The van der Waals surface area contributed by atoms with Crippen LogP contribution in [0.4, 0.5) is 4.39 Å². The van der Waals surface area contributed by atoms with E-state index in [1.807, 2.05) is 12.1 Å². The zero-order chi connectivity index (χ0) is 13.9. The Labute approximate surface area is 119 Å². The number of rotatable bonds is 5. The number of nitrogens with zero attached hydrogens (tertiary/aromatic N) is 1. The molecular weight excluding hydrogens is 253 g/mol. The minimum Gasteiger partial charge on any atom is -0.384 e. The molecule has 0 bridgehead atoms. The van der Waals surface area contributed by atoms with Gasteiger partial charge in [-0.1, -0.05) is 17.9 Å². The summed E-state index contributed by atoms with van der Waals surface area (Å²) >= 11 is 0. The van der Waals surface area contributed by atoms with Gasteiger partial charge in [-0.3, -0.25) is 4.90 Å². The molecule has 0 atom stereocenters. The van der Waals surface area contributed by atoms with Gasteiger partial charge in [-0.2, -0.15) is 0 Å². The number of hydrogen-bond donors (Lipinski definition) is 1. The second-order valence-corrected chi connectivity index (χ2v) is 5.87. The second-order valence-electron chi connectivity index (χ2n) is 5.87. The summed E-state index contributed by atoms with van der Waals surface area (Å²) in [5.74, 6) is 5.94. The number of benzene rings is 1. The molecule has 2 nitrogen and oxygen atoms in total. The first-order chi connectivity index (χ1) is 9.76. The quantitative estimate of drug-likeness (QED) is 0.833. The molecule has 0 saturated heterocycles. The molecule has 1 aromatic carbocycles. The number of halogens is 1. The van der Waals surface area contributed by atoms with Crippen molar-refractivity contribution in [3.8, 4) is 11.8 Å². The van der Waals surface area contributed by atoms with Gasteiger partial charge in [-0.25, -0.2) is 4.39 Å². The van der Waals surface area contributed by atoms with Gasteiger partial charge in [0.2, 0.25) is 0 Å². The lowest BCUT2D eigenvalue weighted by Crippen LogP contribution is -2.28. The first-order valence-electron chi connectivity index (χ1n) is 7.38. The standard InChI is InChI=1S/C17H20FNO/c18-17-10-13(2-1-9-20)5-6-15(17)12-19(16-7-8-16)11-14-3-4-14/h5-6,10,14,16,20H,3-4,7-9,11-12H2. The zero-order valence-corrected chi connectivity index (χ0v) is 11.6. The van der Waals surface area contributed by atoms with Crippen molar-refractivity contribution in [1.29, 1.82) is 0 Å². The molecule has 0 heterocycles. The van der Waals surface area contributed by atoms with Crippen molar-refractivity contribution >= 4 is 0 Å². The number of aliphatic hydroxyl groups excluding tert-OH is 1. The van der Waals surface area contributed by atoms with Gasteiger partial charge in [-0.15, -0.1) is 0 Å². The fourth-order valence-electron chi connectivity index (χ4n) is 2.53. The van der Waals surface area contributed by atoms with E-state index in [9.17, 15) is 4.39 Å². The topological polar surface area (TPSA) is 23.5 Å². The highest BCUT2D eigenvalue weighted by Crippen LogP contribution is 2.35. The van der Waals surface area contributed by atoms with E-state index in [1.54, 1.807) is 0 Å². The van der Waals surface area contributed by atoms with E-state index in [2.05, 4.69) is 16.7 Å². The van der Waals surface area contributed by atoms with Crippen LogP contribution in [-0.2, 0) is 6.54 Å². The highest BCUT2D eigenvalue weighted by Gasteiger charge is 2.33. The third-order valence-electron chi connectivity index (χ3n) is 3.99. The largest absolute Gasteiger partial charge is 0.384 e. The molecule has 2 aliphatic carbocycles. The molecule has 0 radical (unpaired) electrons. The van der Waals surface area contributed by atoms with Crippen molar-refractivity contribution in [3.63, 3.8) is 0 Å². The van der Waals surface area contributed by atoms with Crippen LogP contribution in [0.3, 0.4) is 0 Å². The van der Waals surface area contributed by atoms with Crippen molar-refractivity contribution in [3.05, 3.63) is 35.1 Å². The minimum absolute atomic E-state index is 0.184. The molecule has 0 unspecified atom stereocenters. The molecule has 2 fully saturated rings. The molecule has 2 aliphatic rings. The van der Waals surface area contributed by atoms with Gasteiger partial charge >= 0.3 is 0 Å². The lowest BCUT2D eigenvalue weighted by atomic mass is 10.1. The summed E-state index contributed by atoms with van der Waals surface area (Å²) in [5.41, 5.74) is 1.38. The molecule has 20 heavy (non-hydrogen) atoms. The molecule has 0 aromatic heterocycles. The first kappa shape index (κ1) is 13.6. The van der Waals surface area contributed by atoms with Crippen LogP contribution in [0.25, 0.3) is 0 Å². The van der Waals surface area contributed by atoms with Crippen LogP contribution in [0.1, 0.15) is 36.8 Å². The zero-order valence-electron chi connectivity index (χ0n) is 11.6. The molecule has 106 valence electrons. The Balaban J connectivity index is 1.68. The van der Waals surface area contributed by atoms with E-state index < -0.39 is 0 Å². The normalized spacial score (nSPS) is 17.9. The van der Waals surface area contributed by atoms with E-state index in [0.717, 1.165) is 18.0 Å². The van der Waals surface area contributed by atoms with Crippen LogP contribution in [0.15, 0.2) is 18.2 Å². The maximum Gasteiger partial charge on any atom is 0.128 e. The molecule has 0 aliphatic heterocycles. The van der Waals surface area contributed by atoms with E-state index in [0.29, 0.717) is 18.2 Å². The summed E-state index contributed by atoms with van der Waals surface area (Å²) in [5, 5.41) is 8.65. The maximum absolute atomic E-state index is 14.1. The van der Waals surface area contributed by atoms with Crippen molar-refractivity contribution in [2.24, 2.45) is 5.92 Å². The Morgan fingerprint density at radius 2 is 2.05 bits per heavy atom. The van der Waals surface area contributed by atoms with Crippen LogP contribution in [0.5, 0.6) is 0 Å². The predicted molar refractivity (Wildman–Crippen MR) is 76.5 cm³/mol. The minimum atomic E-state index is -0.194. The van der Waals surface area contributed by atoms with E-state index in [1.165, 1.54) is 31.7 Å². The average Bonchev–Trinajstić information content (AvgIpc) is 3.30. The lowest BCUT2D eigenvalue weighted by Gasteiger charge is -2.22. The van der Waals surface area contributed by atoms with E-state index in [-0.39, 0.29) is 12.4 Å². The van der Waals surface area contributed by atoms with Crippen molar-refractivity contribution < 1.29 is 9.50 Å². The number of hydrogen-bond acceptors (Lipinski definition) is 2. The van der Waals surface area contributed by atoms with Gasteiger partial charge in [0.05, 0.1) is 0 Å². The fourth-order valence-corrected chi connectivity index (χ4v) is 2.53. The molecule has 2 saturated carbocycles. The monoisotopic (exact) mass is 273 g/mol. The molecule has 1 N–H and O–H groups in total. The van der Waals surface area contributed by atoms with Gasteiger partial charge in [0, 0.05) is 30.3 Å². The van der Waals surface area contributed by atoms with Crippen LogP contribution in [0, 0.1) is 23.6 Å². The lowest BCUT2D eigenvalue weighted by molar-refractivity contribution is 0.241. The van der Waals surface area contributed by atoms with Crippen molar-refractivity contribution in [1.82, 2.24) is 4.90 Å². The van der Waals surface area contributed by atoms with Crippen molar-refractivity contribution in [2.45, 2.75) is 38.3 Å². The molecule has 0 amide bonds. The van der Waals surface area contributed by atoms with E-state index in [4.69, 9.17) is 5.11 Å². The van der Waals surface area contributed by atoms with Crippen LogP contribution in [-0.4, -0.2) is 29.2 Å². The second kappa shape index (κ2) is 5.95. The van der Waals surface area contributed by atoms with Crippen LogP contribution < -0.4 is 0 Å². The van der Waals surface area contributed by atoms with Gasteiger partial charge in [0.15, 0.2) is 0 Å². The summed E-state index contributed by atoms with van der Waals surface area (Å²) in [6.45, 7) is 1.64. The van der Waals surface area contributed by atoms with Crippen LogP contribution >= 0.6 is 0 Å². The molecular formula is C17H20FNO. The Kier molecular flexibility index (Phi) is 4.05. The third kappa shape index (κ3) is 3.59. The Morgan fingerprint density at radius 3 is 2.65 bits per heavy atom. The molecule has 0 spiro atoms. The fraction of sp³-hybridized carbons (Fsp3) is 0.529. The highest BCUT2D eigenvalue weighted by molar-refractivity contribution is 5.37. The highest BCUT2D eigenvalue weighted by atomic mass is 19.1. The SMILES string of the molecule is OCC#Cc1ccc(CN(CC2CC2)C2CC2)c(F)c1. The summed E-state index contributed by atoms with van der Waals surface area (Å²) in [6, 6.07) is 5.81. The van der Waals surface area contributed by atoms with E-state index >= 15 is 0 Å².